The lowest BCUT2D eigenvalue weighted by atomic mass is 9.94. The van der Waals surface area contributed by atoms with Crippen molar-refractivity contribution in [2.45, 2.75) is 38.0 Å². The van der Waals surface area contributed by atoms with Gasteiger partial charge in [0.2, 0.25) is 5.89 Å². The summed E-state index contributed by atoms with van der Waals surface area (Å²) in [6.45, 7) is 1.39. The van der Waals surface area contributed by atoms with E-state index in [2.05, 4.69) is 20.3 Å². The van der Waals surface area contributed by atoms with Gasteiger partial charge in [-0.05, 0) is 55.9 Å². The normalized spacial score (nSPS) is 18.6. The van der Waals surface area contributed by atoms with Gasteiger partial charge in [-0.1, -0.05) is 5.16 Å². The zero-order chi connectivity index (χ0) is 22.1. The summed E-state index contributed by atoms with van der Waals surface area (Å²) in [6, 6.07) is 7.27. The van der Waals surface area contributed by atoms with Gasteiger partial charge in [-0.2, -0.15) is 10.1 Å². The number of hydrogen-bond acceptors (Lipinski definition) is 7. The number of benzene rings is 1. The van der Waals surface area contributed by atoms with Crippen molar-refractivity contribution in [2.24, 2.45) is 5.92 Å². The van der Waals surface area contributed by atoms with Gasteiger partial charge in [0.1, 0.15) is 17.2 Å². The Bertz CT molecular complexity index is 1100. The molecule has 1 atom stereocenters. The molecule has 0 bridgehead atoms. The molecule has 0 radical (unpaired) electrons. The lowest BCUT2D eigenvalue weighted by molar-refractivity contribution is 0.0662. The van der Waals surface area contributed by atoms with Crippen LogP contribution in [0.3, 0.4) is 0 Å². The number of nitrogens with one attached hydrogen (secondary N) is 1. The number of hydrogen-bond donors (Lipinski definition) is 1. The van der Waals surface area contributed by atoms with Crippen molar-refractivity contribution in [3.8, 4) is 22.8 Å². The van der Waals surface area contributed by atoms with Crippen LogP contribution in [-0.2, 0) is 6.42 Å². The summed E-state index contributed by atoms with van der Waals surface area (Å²) in [5, 5.41) is 11.4. The topological polar surface area (TPSA) is 106 Å². The number of carbonyl (C=O) groups excluding carboxylic acids is 1. The molecule has 1 aromatic carbocycles. The standard InChI is InChI=1S/C23H27N5O4/c1-30-16-7-8-20(31-2)17(11-16)18-12-19(26-25-18)23(29)28-9-3-4-14(13-28)10-21-24-22(27-32-21)15-5-6-15/h7-8,11-12,14-15H,3-6,9-10,13H2,1-2H3,(H,25,26)/t14-/m1/s1. The third kappa shape index (κ3) is 4.19. The molecule has 9 heteroatoms. The number of aromatic nitrogens is 4. The van der Waals surface area contributed by atoms with Crippen LogP contribution in [0.4, 0.5) is 0 Å². The maximum Gasteiger partial charge on any atom is 0.271 e. The van der Waals surface area contributed by atoms with Gasteiger partial charge in [-0.25, -0.2) is 0 Å². The summed E-state index contributed by atoms with van der Waals surface area (Å²) < 4.78 is 16.2. The molecule has 1 amide bonds. The number of carbonyl (C=O) groups is 1. The van der Waals surface area contributed by atoms with Crippen LogP contribution in [-0.4, -0.2) is 58.5 Å². The van der Waals surface area contributed by atoms with E-state index in [1.165, 1.54) is 0 Å². The van der Waals surface area contributed by atoms with Gasteiger partial charge in [-0.3, -0.25) is 9.89 Å². The molecule has 1 aliphatic carbocycles. The minimum Gasteiger partial charge on any atom is -0.497 e. The van der Waals surface area contributed by atoms with E-state index in [0.29, 0.717) is 53.6 Å². The number of aromatic amines is 1. The molecule has 2 aliphatic rings. The molecule has 2 aromatic heterocycles. The van der Waals surface area contributed by atoms with Gasteiger partial charge in [-0.15, -0.1) is 0 Å². The van der Waals surface area contributed by atoms with Gasteiger partial charge in [0, 0.05) is 31.0 Å². The second kappa shape index (κ2) is 8.64. The van der Waals surface area contributed by atoms with E-state index in [4.69, 9.17) is 14.0 Å². The highest BCUT2D eigenvalue weighted by Crippen LogP contribution is 2.38. The number of piperidine rings is 1. The summed E-state index contributed by atoms with van der Waals surface area (Å²) in [4.78, 5) is 19.6. The molecule has 32 heavy (non-hydrogen) atoms. The average Bonchev–Trinajstić information content (AvgIpc) is 3.37. The van der Waals surface area contributed by atoms with Gasteiger partial charge in [0.25, 0.3) is 5.91 Å². The zero-order valence-corrected chi connectivity index (χ0v) is 18.3. The van der Waals surface area contributed by atoms with Crippen molar-refractivity contribution in [1.82, 2.24) is 25.2 Å². The molecule has 3 aromatic rings. The van der Waals surface area contributed by atoms with Crippen molar-refractivity contribution in [1.29, 1.82) is 0 Å². The molecule has 0 spiro atoms. The summed E-state index contributed by atoms with van der Waals surface area (Å²) in [6.07, 6.45) is 5.00. The van der Waals surface area contributed by atoms with Crippen LogP contribution in [0, 0.1) is 5.92 Å². The molecule has 1 N–H and O–H groups in total. The predicted molar refractivity (Wildman–Crippen MR) is 116 cm³/mol. The van der Waals surface area contributed by atoms with Crippen LogP contribution in [0.2, 0.25) is 0 Å². The Hall–Kier alpha value is -3.36. The zero-order valence-electron chi connectivity index (χ0n) is 18.3. The molecule has 168 valence electrons. The van der Waals surface area contributed by atoms with E-state index in [-0.39, 0.29) is 5.91 Å². The van der Waals surface area contributed by atoms with Crippen LogP contribution in [0.5, 0.6) is 11.5 Å². The summed E-state index contributed by atoms with van der Waals surface area (Å²) in [5.74, 6) is 3.61. The monoisotopic (exact) mass is 437 g/mol. The molecule has 9 nitrogen and oxygen atoms in total. The van der Waals surface area contributed by atoms with Gasteiger partial charge in [0.05, 0.1) is 19.9 Å². The molecule has 1 saturated carbocycles. The quantitative estimate of drug-likeness (QED) is 0.603. The van der Waals surface area contributed by atoms with Crippen molar-refractivity contribution >= 4 is 5.91 Å². The van der Waals surface area contributed by atoms with Crippen LogP contribution in [0.25, 0.3) is 11.3 Å². The summed E-state index contributed by atoms with van der Waals surface area (Å²) >= 11 is 0. The van der Waals surface area contributed by atoms with Gasteiger partial charge in [0.15, 0.2) is 5.82 Å². The lowest BCUT2D eigenvalue weighted by Gasteiger charge is -2.31. The number of nitrogens with zero attached hydrogens (tertiary/aromatic N) is 4. The SMILES string of the molecule is COc1ccc(OC)c(-c2cc(C(=O)N3CCC[C@H](Cc4nc(C5CC5)no4)C3)[nH]n2)c1. The fraction of sp³-hybridized carbons (Fsp3) is 0.478. The minimum atomic E-state index is -0.0560. The first-order valence-electron chi connectivity index (χ1n) is 11.0. The molecular formula is C23H27N5O4. The Morgan fingerprint density at radius 1 is 1.22 bits per heavy atom. The first-order valence-corrected chi connectivity index (χ1v) is 11.0. The van der Waals surface area contributed by atoms with Gasteiger partial charge < -0.3 is 18.9 Å². The first-order chi connectivity index (χ1) is 15.6. The molecule has 2 fully saturated rings. The Labute approximate surface area is 186 Å². The summed E-state index contributed by atoms with van der Waals surface area (Å²) in [7, 11) is 3.22. The highest BCUT2D eigenvalue weighted by atomic mass is 16.5. The third-order valence-electron chi connectivity index (χ3n) is 6.19. The van der Waals surface area contributed by atoms with E-state index in [1.54, 1.807) is 20.3 Å². The summed E-state index contributed by atoms with van der Waals surface area (Å²) in [5.41, 5.74) is 1.86. The van der Waals surface area contributed by atoms with E-state index in [1.807, 2.05) is 23.1 Å². The molecule has 5 rings (SSSR count). The lowest BCUT2D eigenvalue weighted by Crippen LogP contribution is -2.40. The minimum absolute atomic E-state index is 0.0560. The third-order valence-corrected chi connectivity index (χ3v) is 6.19. The first kappa shape index (κ1) is 20.5. The average molecular weight is 438 g/mol. The van der Waals surface area contributed by atoms with Crippen LogP contribution in [0.15, 0.2) is 28.8 Å². The number of H-pyrrole nitrogens is 1. The van der Waals surface area contributed by atoms with Crippen LogP contribution in [0.1, 0.15) is 53.8 Å². The fourth-order valence-corrected chi connectivity index (χ4v) is 4.28. The van der Waals surface area contributed by atoms with Crippen LogP contribution >= 0.6 is 0 Å². The Morgan fingerprint density at radius 3 is 2.88 bits per heavy atom. The molecular weight excluding hydrogens is 410 g/mol. The van der Waals surface area contributed by atoms with E-state index in [9.17, 15) is 4.79 Å². The largest absolute Gasteiger partial charge is 0.497 e. The molecule has 3 heterocycles. The van der Waals surface area contributed by atoms with Gasteiger partial charge >= 0.3 is 0 Å². The van der Waals surface area contributed by atoms with Crippen LogP contribution < -0.4 is 9.47 Å². The van der Waals surface area contributed by atoms with Crippen molar-refractivity contribution in [3.63, 3.8) is 0 Å². The highest BCUT2D eigenvalue weighted by molar-refractivity contribution is 5.93. The highest BCUT2D eigenvalue weighted by Gasteiger charge is 2.31. The maximum atomic E-state index is 13.2. The Morgan fingerprint density at radius 2 is 2.09 bits per heavy atom. The Balaban J connectivity index is 1.27. The molecule has 1 saturated heterocycles. The van der Waals surface area contributed by atoms with Crippen molar-refractivity contribution in [3.05, 3.63) is 41.7 Å². The molecule has 1 aliphatic heterocycles. The van der Waals surface area contributed by atoms with Crippen molar-refractivity contribution < 1.29 is 18.8 Å². The number of ether oxygens (including phenoxy) is 2. The number of amides is 1. The Kier molecular flexibility index (Phi) is 5.55. The van der Waals surface area contributed by atoms with E-state index >= 15 is 0 Å². The van der Waals surface area contributed by atoms with E-state index < -0.39 is 0 Å². The van der Waals surface area contributed by atoms with Crippen molar-refractivity contribution in [2.75, 3.05) is 27.3 Å². The second-order valence-electron chi connectivity index (χ2n) is 8.52. The van der Waals surface area contributed by atoms with E-state index in [0.717, 1.165) is 43.6 Å². The number of rotatable bonds is 7. The number of methoxy groups -OCH3 is 2. The molecule has 0 unspecified atom stereocenters. The fourth-order valence-electron chi connectivity index (χ4n) is 4.28. The predicted octanol–water partition coefficient (Wildman–Crippen LogP) is 3.45. The maximum absolute atomic E-state index is 13.2. The number of likely N-dealkylation sites (tertiary alicyclic amines) is 1. The smallest absolute Gasteiger partial charge is 0.271 e. The second-order valence-corrected chi connectivity index (χ2v) is 8.52.